The zero-order valence-corrected chi connectivity index (χ0v) is 14.4. The Morgan fingerprint density at radius 2 is 1.67 bits per heavy atom. The first-order chi connectivity index (χ1) is 13.2. The predicted molar refractivity (Wildman–Crippen MR) is 101 cm³/mol. The van der Waals surface area contributed by atoms with Crippen molar-refractivity contribution in [2.45, 2.75) is 0 Å². The van der Waals surface area contributed by atoms with Gasteiger partial charge in [0.2, 0.25) is 5.91 Å². The molecule has 0 fully saturated rings. The molecular formula is C21H17N3O3. The van der Waals surface area contributed by atoms with E-state index in [4.69, 9.17) is 4.52 Å². The van der Waals surface area contributed by atoms with Gasteiger partial charge in [0.05, 0.1) is 13.1 Å². The van der Waals surface area contributed by atoms with Crippen LogP contribution < -0.4 is 10.6 Å². The highest BCUT2D eigenvalue weighted by Crippen LogP contribution is 2.19. The van der Waals surface area contributed by atoms with Gasteiger partial charge in [0, 0.05) is 17.2 Å². The molecule has 2 N–H and O–H groups in total. The lowest BCUT2D eigenvalue weighted by Gasteiger charge is -2.02. The van der Waals surface area contributed by atoms with Crippen molar-refractivity contribution in [3.63, 3.8) is 0 Å². The lowest BCUT2D eigenvalue weighted by molar-refractivity contribution is -0.119. The van der Waals surface area contributed by atoms with Gasteiger partial charge in [0.1, 0.15) is 0 Å². The van der Waals surface area contributed by atoms with Gasteiger partial charge in [-0.15, -0.1) is 0 Å². The second kappa shape index (κ2) is 9.02. The van der Waals surface area contributed by atoms with Crippen LogP contribution in [0.1, 0.15) is 16.1 Å². The van der Waals surface area contributed by atoms with E-state index < -0.39 is 5.91 Å². The molecule has 1 heterocycles. The largest absolute Gasteiger partial charge is 0.355 e. The van der Waals surface area contributed by atoms with Crippen molar-refractivity contribution in [1.82, 2.24) is 15.8 Å². The summed E-state index contributed by atoms with van der Waals surface area (Å²) in [6.45, 7) is 0.0328. The maximum absolute atomic E-state index is 12.1. The van der Waals surface area contributed by atoms with Crippen molar-refractivity contribution >= 4 is 11.8 Å². The van der Waals surface area contributed by atoms with Crippen LogP contribution in [0, 0.1) is 11.8 Å². The number of carbonyl (C=O) groups is 2. The maximum Gasteiger partial charge on any atom is 0.273 e. The summed E-state index contributed by atoms with van der Waals surface area (Å²) in [5.41, 5.74) is 1.81. The minimum absolute atomic E-state index is 0.116. The average Bonchev–Trinajstić information content (AvgIpc) is 3.21. The van der Waals surface area contributed by atoms with Gasteiger partial charge in [-0.05, 0) is 12.1 Å². The van der Waals surface area contributed by atoms with Crippen molar-refractivity contribution in [2.75, 3.05) is 13.1 Å². The van der Waals surface area contributed by atoms with Crippen LogP contribution in [0.4, 0.5) is 0 Å². The zero-order valence-electron chi connectivity index (χ0n) is 14.4. The Balaban J connectivity index is 1.44. The number of hydrogen-bond donors (Lipinski definition) is 2. The van der Waals surface area contributed by atoms with E-state index in [0.717, 1.165) is 11.1 Å². The van der Waals surface area contributed by atoms with Crippen LogP contribution in [0.5, 0.6) is 0 Å². The van der Waals surface area contributed by atoms with Gasteiger partial charge < -0.3 is 15.2 Å². The molecular weight excluding hydrogens is 342 g/mol. The van der Waals surface area contributed by atoms with E-state index >= 15 is 0 Å². The summed E-state index contributed by atoms with van der Waals surface area (Å²) in [6, 6.07) is 20.3. The molecule has 0 saturated heterocycles. The number of benzene rings is 2. The Morgan fingerprint density at radius 3 is 2.41 bits per heavy atom. The highest BCUT2D eigenvalue weighted by Gasteiger charge is 2.14. The fraction of sp³-hybridized carbons (Fsp3) is 0.0952. The van der Waals surface area contributed by atoms with E-state index in [0.29, 0.717) is 5.76 Å². The van der Waals surface area contributed by atoms with Crippen LogP contribution in [0.15, 0.2) is 71.3 Å². The molecule has 2 amide bonds. The number of hydrogen-bond acceptors (Lipinski definition) is 4. The standard InChI is InChI=1S/C21H17N3O3/c25-20(22-13-7-10-16-8-3-1-4-9-16)15-23-21(26)18-14-19(27-24-18)17-11-5-2-6-12-17/h1-6,8-9,11-12,14H,13,15H2,(H,22,25)(H,23,26). The fourth-order valence-corrected chi connectivity index (χ4v) is 2.24. The molecule has 0 bridgehead atoms. The first kappa shape index (κ1) is 18.0. The molecule has 3 aromatic rings. The second-order valence-corrected chi connectivity index (χ2v) is 5.57. The molecule has 0 aliphatic carbocycles. The summed E-state index contributed by atoms with van der Waals surface area (Å²) < 4.78 is 5.17. The topological polar surface area (TPSA) is 84.2 Å². The van der Waals surface area contributed by atoms with Crippen molar-refractivity contribution < 1.29 is 14.1 Å². The predicted octanol–water partition coefficient (Wildman–Crippen LogP) is 2.24. The molecule has 0 spiro atoms. The molecule has 27 heavy (non-hydrogen) atoms. The van der Waals surface area contributed by atoms with Crippen LogP contribution >= 0.6 is 0 Å². The molecule has 0 aliphatic rings. The van der Waals surface area contributed by atoms with E-state index in [1.165, 1.54) is 6.07 Å². The SMILES string of the molecule is O=C(CNC(=O)c1cc(-c2ccccc2)on1)NCC#Cc1ccccc1. The number of nitrogens with zero attached hydrogens (tertiary/aromatic N) is 1. The third kappa shape index (κ3) is 5.31. The van der Waals surface area contributed by atoms with Gasteiger partial charge in [-0.1, -0.05) is 65.5 Å². The number of amides is 2. The molecule has 0 unspecified atom stereocenters. The van der Waals surface area contributed by atoms with Crippen molar-refractivity contribution in [3.8, 4) is 23.2 Å². The molecule has 1 aromatic heterocycles. The monoisotopic (exact) mass is 359 g/mol. The zero-order chi connectivity index (χ0) is 18.9. The lowest BCUT2D eigenvalue weighted by Crippen LogP contribution is -2.37. The highest BCUT2D eigenvalue weighted by atomic mass is 16.5. The Morgan fingerprint density at radius 1 is 0.963 bits per heavy atom. The van der Waals surface area contributed by atoms with Crippen LogP contribution in [0.3, 0.4) is 0 Å². The Labute approximate surface area is 156 Å². The molecule has 0 radical (unpaired) electrons. The van der Waals surface area contributed by atoms with Crippen molar-refractivity contribution in [2.24, 2.45) is 0 Å². The first-order valence-corrected chi connectivity index (χ1v) is 8.33. The molecule has 0 atom stereocenters. The molecule has 2 aromatic carbocycles. The van der Waals surface area contributed by atoms with E-state index in [2.05, 4.69) is 27.6 Å². The van der Waals surface area contributed by atoms with E-state index in [1.807, 2.05) is 60.7 Å². The molecule has 0 aliphatic heterocycles. The highest BCUT2D eigenvalue weighted by molar-refractivity contribution is 5.95. The Kier molecular flexibility index (Phi) is 6.00. The number of carbonyl (C=O) groups excluding carboxylic acids is 2. The first-order valence-electron chi connectivity index (χ1n) is 8.33. The van der Waals surface area contributed by atoms with E-state index in [1.54, 1.807) is 0 Å². The molecule has 3 rings (SSSR count). The van der Waals surface area contributed by atoms with Gasteiger partial charge in [-0.25, -0.2) is 0 Å². The van der Waals surface area contributed by atoms with Gasteiger partial charge in [0.15, 0.2) is 11.5 Å². The number of rotatable bonds is 5. The van der Waals surface area contributed by atoms with Gasteiger partial charge >= 0.3 is 0 Å². The lowest BCUT2D eigenvalue weighted by atomic mass is 10.1. The fourth-order valence-electron chi connectivity index (χ4n) is 2.24. The summed E-state index contributed by atoms with van der Waals surface area (Å²) in [5, 5.41) is 8.86. The van der Waals surface area contributed by atoms with Crippen LogP contribution in [0.2, 0.25) is 0 Å². The minimum Gasteiger partial charge on any atom is -0.355 e. The third-order valence-corrected chi connectivity index (χ3v) is 3.59. The minimum atomic E-state index is -0.480. The van der Waals surface area contributed by atoms with Gasteiger partial charge in [-0.3, -0.25) is 9.59 Å². The molecule has 6 heteroatoms. The maximum atomic E-state index is 12.1. The molecule has 0 saturated carbocycles. The van der Waals surface area contributed by atoms with Crippen molar-refractivity contribution in [3.05, 3.63) is 78.0 Å². The average molecular weight is 359 g/mol. The van der Waals surface area contributed by atoms with E-state index in [9.17, 15) is 9.59 Å². The summed E-state index contributed by atoms with van der Waals surface area (Å²) in [7, 11) is 0. The Hall–Kier alpha value is -3.85. The van der Waals surface area contributed by atoms with Crippen LogP contribution in [0.25, 0.3) is 11.3 Å². The summed E-state index contributed by atoms with van der Waals surface area (Å²) >= 11 is 0. The Bertz CT molecular complexity index is 970. The van der Waals surface area contributed by atoms with Gasteiger partial charge in [-0.2, -0.15) is 0 Å². The number of nitrogens with one attached hydrogen (secondary N) is 2. The van der Waals surface area contributed by atoms with Crippen molar-refractivity contribution in [1.29, 1.82) is 0 Å². The van der Waals surface area contributed by atoms with E-state index in [-0.39, 0.29) is 24.7 Å². The summed E-state index contributed by atoms with van der Waals surface area (Å²) in [4.78, 5) is 23.8. The summed E-state index contributed by atoms with van der Waals surface area (Å²) in [6.07, 6.45) is 0. The smallest absolute Gasteiger partial charge is 0.273 e. The number of aromatic nitrogens is 1. The second-order valence-electron chi connectivity index (χ2n) is 5.57. The van der Waals surface area contributed by atoms with Crippen LogP contribution in [-0.4, -0.2) is 30.1 Å². The molecule has 6 nitrogen and oxygen atoms in total. The molecule has 134 valence electrons. The summed E-state index contributed by atoms with van der Waals surface area (Å²) in [5.74, 6) is 5.46. The normalized spacial score (nSPS) is 9.78. The quantitative estimate of drug-likeness (QED) is 0.684. The van der Waals surface area contributed by atoms with Gasteiger partial charge in [0.25, 0.3) is 5.91 Å². The third-order valence-electron chi connectivity index (χ3n) is 3.59. The van der Waals surface area contributed by atoms with Crippen LogP contribution in [-0.2, 0) is 4.79 Å².